The number of benzene rings is 1. The van der Waals surface area contributed by atoms with Crippen LogP contribution in [0.15, 0.2) is 30.3 Å². The topological polar surface area (TPSA) is 49.9 Å². The number of rotatable bonds is 6. The molecule has 4 nitrogen and oxygen atoms in total. The zero-order valence-corrected chi connectivity index (χ0v) is 12.0. The third kappa shape index (κ3) is 4.40. The van der Waals surface area contributed by atoms with E-state index in [0.29, 0.717) is 23.6 Å². The van der Waals surface area contributed by atoms with Crippen LogP contribution in [0.25, 0.3) is 0 Å². The Bertz CT molecular complexity index is 613. The molecule has 1 aromatic carbocycles. The Kier molecular flexibility index (Phi) is 5.20. The molecule has 2 aromatic rings. The van der Waals surface area contributed by atoms with Gasteiger partial charge in [-0.1, -0.05) is 24.4 Å². The Morgan fingerprint density at radius 3 is 2.80 bits per heavy atom. The summed E-state index contributed by atoms with van der Waals surface area (Å²) >= 11 is 5.09. The Morgan fingerprint density at radius 2 is 2.10 bits per heavy atom. The molecule has 20 heavy (non-hydrogen) atoms. The van der Waals surface area contributed by atoms with Gasteiger partial charge < -0.3 is 15.0 Å². The lowest BCUT2D eigenvalue weighted by Gasteiger charge is -2.08. The minimum atomic E-state index is -0.218. The SMILES string of the molecule is COCc1nc(=S)cc(NCCc2ccc(F)cc2)[nH]1. The van der Waals surface area contributed by atoms with E-state index in [0.717, 1.165) is 17.8 Å². The molecule has 0 atom stereocenters. The summed E-state index contributed by atoms with van der Waals surface area (Å²) in [6.07, 6.45) is 0.794. The molecule has 0 aliphatic carbocycles. The highest BCUT2D eigenvalue weighted by Crippen LogP contribution is 2.07. The van der Waals surface area contributed by atoms with Crippen LogP contribution < -0.4 is 5.32 Å². The zero-order valence-electron chi connectivity index (χ0n) is 11.1. The lowest BCUT2D eigenvalue weighted by atomic mass is 10.1. The summed E-state index contributed by atoms with van der Waals surface area (Å²) in [5, 5.41) is 3.24. The fourth-order valence-electron chi connectivity index (χ4n) is 1.80. The molecule has 0 saturated heterocycles. The molecule has 1 aromatic heterocycles. The van der Waals surface area contributed by atoms with Gasteiger partial charge in [0.2, 0.25) is 0 Å². The lowest BCUT2D eigenvalue weighted by molar-refractivity contribution is 0.178. The van der Waals surface area contributed by atoms with E-state index in [1.807, 2.05) is 0 Å². The van der Waals surface area contributed by atoms with Crippen molar-refractivity contribution in [2.24, 2.45) is 0 Å². The highest BCUT2D eigenvalue weighted by molar-refractivity contribution is 7.71. The van der Waals surface area contributed by atoms with Crippen molar-refractivity contribution in [2.75, 3.05) is 19.0 Å². The van der Waals surface area contributed by atoms with Gasteiger partial charge in [-0.2, -0.15) is 0 Å². The van der Waals surface area contributed by atoms with Crippen molar-refractivity contribution in [1.29, 1.82) is 0 Å². The maximum absolute atomic E-state index is 12.8. The number of hydrogen-bond donors (Lipinski definition) is 2. The summed E-state index contributed by atoms with van der Waals surface area (Å²) in [5.74, 6) is 1.27. The maximum atomic E-state index is 12.8. The van der Waals surface area contributed by atoms with Crippen LogP contribution in [0.3, 0.4) is 0 Å². The smallest absolute Gasteiger partial charge is 0.135 e. The third-order valence-corrected chi connectivity index (χ3v) is 2.92. The van der Waals surface area contributed by atoms with Gasteiger partial charge in [-0.3, -0.25) is 0 Å². The van der Waals surface area contributed by atoms with Gasteiger partial charge in [-0.25, -0.2) is 9.37 Å². The molecule has 2 rings (SSSR count). The first kappa shape index (κ1) is 14.6. The largest absolute Gasteiger partial charge is 0.377 e. The van der Waals surface area contributed by atoms with Crippen LogP contribution in [-0.4, -0.2) is 23.6 Å². The van der Waals surface area contributed by atoms with Crippen molar-refractivity contribution in [1.82, 2.24) is 9.97 Å². The van der Waals surface area contributed by atoms with Gasteiger partial charge >= 0.3 is 0 Å². The van der Waals surface area contributed by atoms with E-state index in [1.54, 1.807) is 25.3 Å². The summed E-state index contributed by atoms with van der Waals surface area (Å²) < 4.78 is 18.3. The fourth-order valence-corrected chi connectivity index (χ4v) is 2.03. The Balaban J connectivity index is 1.93. The lowest BCUT2D eigenvalue weighted by Crippen LogP contribution is -2.08. The maximum Gasteiger partial charge on any atom is 0.135 e. The van der Waals surface area contributed by atoms with E-state index in [1.165, 1.54) is 12.1 Å². The number of nitrogens with zero attached hydrogens (tertiary/aromatic N) is 1. The number of H-pyrrole nitrogens is 1. The first-order valence-electron chi connectivity index (χ1n) is 6.25. The Labute approximate surface area is 122 Å². The van der Waals surface area contributed by atoms with Gasteiger partial charge in [-0.15, -0.1) is 0 Å². The molecule has 1 heterocycles. The quantitative estimate of drug-likeness (QED) is 0.804. The van der Waals surface area contributed by atoms with Crippen molar-refractivity contribution >= 4 is 18.0 Å². The number of halogens is 1. The molecular formula is C14H16FN3OS. The van der Waals surface area contributed by atoms with Crippen LogP contribution in [-0.2, 0) is 17.8 Å². The predicted octanol–water partition coefficient (Wildman–Crippen LogP) is 3.08. The molecule has 6 heteroatoms. The van der Waals surface area contributed by atoms with Crippen LogP contribution >= 0.6 is 12.2 Å². The summed E-state index contributed by atoms with van der Waals surface area (Å²) in [7, 11) is 1.60. The van der Waals surface area contributed by atoms with Gasteiger partial charge in [0.1, 0.15) is 28.7 Å². The molecule has 0 bridgehead atoms. The molecule has 0 spiro atoms. The number of ether oxygens (including phenoxy) is 1. The average Bonchev–Trinajstić information content (AvgIpc) is 2.41. The highest BCUT2D eigenvalue weighted by Gasteiger charge is 1.99. The van der Waals surface area contributed by atoms with Crippen LogP contribution in [0.1, 0.15) is 11.4 Å². The van der Waals surface area contributed by atoms with Crippen LogP contribution in [0, 0.1) is 10.5 Å². The molecule has 0 amide bonds. The van der Waals surface area contributed by atoms with Crippen LogP contribution in [0.2, 0.25) is 0 Å². The number of methoxy groups -OCH3 is 1. The van der Waals surface area contributed by atoms with Gasteiger partial charge in [-0.05, 0) is 24.1 Å². The van der Waals surface area contributed by atoms with Gasteiger partial charge in [0.05, 0.1) is 0 Å². The third-order valence-electron chi connectivity index (χ3n) is 2.72. The molecule has 106 valence electrons. The normalized spacial score (nSPS) is 10.5. The molecule has 0 saturated carbocycles. The van der Waals surface area contributed by atoms with Crippen LogP contribution in [0.5, 0.6) is 0 Å². The molecule has 0 fully saturated rings. The average molecular weight is 293 g/mol. The fraction of sp³-hybridized carbons (Fsp3) is 0.286. The van der Waals surface area contributed by atoms with Crippen molar-refractivity contribution in [3.05, 3.63) is 52.2 Å². The van der Waals surface area contributed by atoms with E-state index < -0.39 is 0 Å². The summed E-state index contributed by atoms with van der Waals surface area (Å²) in [4.78, 5) is 7.26. The Hall–Kier alpha value is -1.79. The molecule has 0 aliphatic heterocycles. The van der Waals surface area contributed by atoms with E-state index in [4.69, 9.17) is 17.0 Å². The first-order chi connectivity index (χ1) is 9.67. The summed E-state index contributed by atoms with van der Waals surface area (Å²) in [6.45, 7) is 1.10. The number of nitrogens with one attached hydrogen (secondary N) is 2. The zero-order chi connectivity index (χ0) is 14.4. The number of hydrogen-bond acceptors (Lipinski definition) is 4. The van der Waals surface area contributed by atoms with E-state index in [9.17, 15) is 4.39 Å². The molecule has 2 N–H and O–H groups in total. The second kappa shape index (κ2) is 7.12. The summed E-state index contributed by atoms with van der Waals surface area (Å²) in [5.41, 5.74) is 1.07. The molecule has 0 radical (unpaired) electrons. The van der Waals surface area contributed by atoms with E-state index in [-0.39, 0.29) is 5.82 Å². The van der Waals surface area contributed by atoms with Crippen molar-refractivity contribution in [3.63, 3.8) is 0 Å². The molecule has 0 aliphatic rings. The molecular weight excluding hydrogens is 277 g/mol. The second-order valence-electron chi connectivity index (χ2n) is 4.32. The predicted molar refractivity (Wildman–Crippen MR) is 78.7 cm³/mol. The number of aromatic nitrogens is 2. The Morgan fingerprint density at radius 1 is 1.35 bits per heavy atom. The van der Waals surface area contributed by atoms with Gasteiger partial charge in [0.25, 0.3) is 0 Å². The van der Waals surface area contributed by atoms with Gasteiger partial charge in [0.15, 0.2) is 0 Å². The summed E-state index contributed by atoms with van der Waals surface area (Å²) in [6, 6.07) is 8.25. The standard InChI is InChI=1S/C14H16FN3OS/c1-19-9-13-17-12(8-14(20)18-13)16-7-6-10-2-4-11(15)5-3-10/h2-5,8H,6-7,9H2,1H3,(H2,16,17,18,20). The van der Waals surface area contributed by atoms with Gasteiger partial charge in [0, 0.05) is 19.7 Å². The van der Waals surface area contributed by atoms with Crippen molar-refractivity contribution in [3.8, 4) is 0 Å². The highest BCUT2D eigenvalue weighted by atomic mass is 32.1. The van der Waals surface area contributed by atoms with E-state index >= 15 is 0 Å². The van der Waals surface area contributed by atoms with Crippen molar-refractivity contribution < 1.29 is 9.13 Å². The minimum Gasteiger partial charge on any atom is -0.377 e. The first-order valence-corrected chi connectivity index (χ1v) is 6.65. The monoisotopic (exact) mass is 293 g/mol. The second-order valence-corrected chi connectivity index (χ2v) is 4.73. The van der Waals surface area contributed by atoms with Crippen LogP contribution in [0.4, 0.5) is 10.2 Å². The van der Waals surface area contributed by atoms with Crippen molar-refractivity contribution in [2.45, 2.75) is 13.0 Å². The molecule has 0 unspecified atom stereocenters. The minimum absolute atomic E-state index is 0.218. The van der Waals surface area contributed by atoms with E-state index in [2.05, 4.69) is 15.3 Å². The number of anilines is 1. The number of aromatic amines is 1.